The van der Waals surface area contributed by atoms with Crippen molar-refractivity contribution in [2.45, 2.75) is 6.54 Å². The summed E-state index contributed by atoms with van der Waals surface area (Å²) in [6.45, 7) is 0.618. The highest BCUT2D eigenvalue weighted by molar-refractivity contribution is 6.06. The van der Waals surface area contributed by atoms with Crippen LogP contribution in [0.15, 0.2) is 72.8 Å². The number of amides is 1. The molecule has 0 aliphatic carbocycles. The average molecular weight is 439 g/mol. The number of nitrogens with zero attached hydrogens (tertiary/aromatic N) is 4. The Morgan fingerprint density at radius 2 is 1.67 bits per heavy atom. The maximum absolute atomic E-state index is 12.8. The van der Waals surface area contributed by atoms with Crippen LogP contribution >= 0.6 is 0 Å². The third-order valence-corrected chi connectivity index (χ3v) is 5.43. The number of methoxy groups -OCH3 is 2. The van der Waals surface area contributed by atoms with E-state index in [4.69, 9.17) is 9.47 Å². The highest BCUT2D eigenvalue weighted by Gasteiger charge is 2.17. The van der Waals surface area contributed by atoms with Gasteiger partial charge in [0.25, 0.3) is 11.9 Å². The second kappa shape index (κ2) is 8.58. The van der Waals surface area contributed by atoms with Crippen molar-refractivity contribution in [2.75, 3.05) is 19.5 Å². The minimum Gasteiger partial charge on any atom is -0.493 e. The van der Waals surface area contributed by atoms with Gasteiger partial charge in [0, 0.05) is 17.5 Å². The monoisotopic (exact) mass is 439 g/mol. The first-order valence-corrected chi connectivity index (χ1v) is 10.4. The molecule has 0 saturated heterocycles. The lowest BCUT2D eigenvalue weighted by Crippen LogP contribution is -2.15. The van der Waals surface area contributed by atoms with E-state index in [9.17, 15) is 4.79 Å². The molecule has 0 spiro atoms. The molecule has 0 radical (unpaired) electrons. The van der Waals surface area contributed by atoms with Crippen LogP contribution in [0.2, 0.25) is 0 Å². The third-order valence-electron chi connectivity index (χ3n) is 5.43. The summed E-state index contributed by atoms with van der Waals surface area (Å²) in [7, 11) is 3.06. The Labute approximate surface area is 189 Å². The second-order valence-corrected chi connectivity index (χ2v) is 7.42. The zero-order chi connectivity index (χ0) is 22.8. The molecule has 0 aliphatic heterocycles. The lowest BCUT2D eigenvalue weighted by Gasteiger charge is -2.10. The molecule has 0 bridgehead atoms. The van der Waals surface area contributed by atoms with Gasteiger partial charge in [0.2, 0.25) is 0 Å². The van der Waals surface area contributed by atoms with Crippen LogP contribution in [0.4, 0.5) is 5.95 Å². The fraction of sp³-hybridized carbons (Fsp3) is 0.120. The van der Waals surface area contributed by atoms with Gasteiger partial charge >= 0.3 is 0 Å². The average Bonchev–Trinajstić information content (AvgIpc) is 3.17. The molecule has 8 heteroatoms. The van der Waals surface area contributed by atoms with E-state index >= 15 is 0 Å². The van der Waals surface area contributed by atoms with Crippen molar-refractivity contribution in [1.29, 1.82) is 0 Å². The Morgan fingerprint density at radius 1 is 0.909 bits per heavy atom. The van der Waals surface area contributed by atoms with Gasteiger partial charge in [-0.25, -0.2) is 0 Å². The summed E-state index contributed by atoms with van der Waals surface area (Å²) < 4.78 is 12.6. The molecule has 0 aliphatic rings. The molecule has 0 saturated carbocycles. The maximum Gasteiger partial charge on any atom is 0.258 e. The van der Waals surface area contributed by atoms with Crippen molar-refractivity contribution in [1.82, 2.24) is 19.7 Å². The molecule has 5 rings (SSSR count). The van der Waals surface area contributed by atoms with E-state index < -0.39 is 0 Å². The number of para-hydroxylation sites is 1. The van der Waals surface area contributed by atoms with Crippen LogP contribution in [0.5, 0.6) is 11.5 Å². The van der Waals surface area contributed by atoms with Crippen molar-refractivity contribution in [3.8, 4) is 11.5 Å². The number of carbonyl (C=O) groups is 1. The van der Waals surface area contributed by atoms with Gasteiger partial charge in [0.1, 0.15) is 5.52 Å². The fourth-order valence-corrected chi connectivity index (χ4v) is 3.83. The van der Waals surface area contributed by atoms with Crippen molar-refractivity contribution in [3.63, 3.8) is 0 Å². The number of carbonyl (C=O) groups excluding carboxylic acids is 1. The number of anilines is 1. The van der Waals surface area contributed by atoms with E-state index in [0.717, 1.165) is 16.5 Å². The number of hydrogen-bond donors (Lipinski definition) is 1. The van der Waals surface area contributed by atoms with Gasteiger partial charge in [-0.1, -0.05) is 48.5 Å². The molecule has 0 atom stereocenters. The Morgan fingerprint density at radius 3 is 2.45 bits per heavy atom. The lowest BCUT2D eigenvalue weighted by molar-refractivity contribution is 0.102. The number of ether oxygens (including phenoxy) is 2. The van der Waals surface area contributed by atoms with Crippen molar-refractivity contribution >= 4 is 33.9 Å². The molecule has 2 heterocycles. The summed E-state index contributed by atoms with van der Waals surface area (Å²) >= 11 is 0. The number of rotatable bonds is 6. The summed E-state index contributed by atoms with van der Waals surface area (Å²) in [6.07, 6.45) is 0. The van der Waals surface area contributed by atoms with E-state index in [2.05, 4.69) is 37.2 Å². The molecule has 0 fully saturated rings. The highest BCUT2D eigenvalue weighted by atomic mass is 16.5. The van der Waals surface area contributed by atoms with E-state index in [0.29, 0.717) is 34.8 Å². The lowest BCUT2D eigenvalue weighted by atomic mass is 10.2. The summed E-state index contributed by atoms with van der Waals surface area (Å²) in [6, 6.07) is 23.0. The zero-order valence-electron chi connectivity index (χ0n) is 18.1. The normalized spacial score (nSPS) is 11.0. The Bertz CT molecular complexity index is 1460. The topological polar surface area (TPSA) is 91.2 Å². The molecule has 164 valence electrons. The molecule has 0 unspecified atom stereocenters. The third kappa shape index (κ3) is 3.82. The minimum atomic E-state index is -0.372. The van der Waals surface area contributed by atoms with Gasteiger partial charge in [0.15, 0.2) is 17.1 Å². The molecule has 8 nitrogen and oxygen atoms in total. The van der Waals surface area contributed by atoms with Crippen molar-refractivity contribution in [3.05, 3.63) is 83.9 Å². The Hall–Kier alpha value is -4.46. The Kier molecular flexibility index (Phi) is 5.32. The quantitative estimate of drug-likeness (QED) is 0.424. The summed E-state index contributed by atoms with van der Waals surface area (Å²) in [5.41, 5.74) is 3.86. The molecule has 3 aromatic carbocycles. The standard InChI is InChI=1S/C25H21N5O3/c1-32-20-13-12-17(14-21(20)33-2)24(31)27-25-26-23-22(28-29-25)18-10-6-7-11-19(18)30(23)15-16-8-4-3-5-9-16/h3-14H,15H2,1-2H3,(H,26,27,29,31). The number of nitrogens with one attached hydrogen (secondary N) is 1. The first-order valence-electron chi connectivity index (χ1n) is 10.4. The highest BCUT2D eigenvalue weighted by Crippen LogP contribution is 2.29. The fourth-order valence-electron chi connectivity index (χ4n) is 3.83. The van der Waals surface area contributed by atoms with E-state index in [-0.39, 0.29) is 11.9 Å². The van der Waals surface area contributed by atoms with E-state index in [1.165, 1.54) is 7.11 Å². The SMILES string of the molecule is COc1ccc(C(=O)Nc2nnc3c4ccccc4n(Cc4ccccc4)c3n2)cc1OC. The minimum absolute atomic E-state index is 0.124. The molecular formula is C25H21N5O3. The molecule has 1 amide bonds. The Balaban J connectivity index is 1.53. The van der Waals surface area contributed by atoms with Gasteiger partial charge in [-0.2, -0.15) is 4.98 Å². The van der Waals surface area contributed by atoms with Gasteiger partial charge in [-0.15, -0.1) is 10.2 Å². The molecule has 5 aromatic rings. The molecule has 33 heavy (non-hydrogen) atoms. The number of fused-ring (bicyclic) bond motifs is 3. The summed E-state index contributed by atoms with van der Waals surface area (Å²) in [5, 5.41) is 12.2. The first-order chi connectivity index (χ1) is 16.2. The second-order valence-electron chi connectivity index (χ2n) is 7.42. The van der Waals surface area contributed by atoms with Crippen LogP contribution < -0.4 is 14.8 Å². The largest absolute Gasteiger partial charge is 0.493 e. The van der Waals surface area contributed by atoms with Crippen molar-refractivity contribution < 1.29 is 14.3 Å². The van der Waals surface area contributed by atoms with Crippen LogP contribution in [0, 0.1) is 0 Å². The molecule has 1 N–H and O–H groups in total. The maximum atomic E-state index is 12.8. The molecular weight excluding hydrogens is 418 g/mol. The van der Waals surface area contributed by atoms with Crippen LogP contribution in [-0.4, -0.2) is 39.9 Å². The van der Waals surface area contributed by atoms with Crippen LogP contribution in [0.3, 0.4) is 0 Å². The van der Waals surface area contributed by atoms with Crippen LogP contribution in [0.25, 0.3) is 22.1 Å². The summed E-state index contributed by atoms with van der Waals surface area (Å²) in [4.78, 5) is 17.5. The molecule has 2 aromatic heterocycles. The first kappa shape index (κ1) is 20.4. The van der Waals surface area contributed by atoms with Crippen LogP contribution in [-0.2, 0) is 6.54 Å². The number of aromatic nitrogens is 4. The zero-order valence-corrected chi connectivity index (χ0v) is 18.1. The predicted octanol–water partition coefficient (Wildman–Crippen LogP) is 4.30. The summed E-state index contributed by atoms with van der Waals surface area (Å²) in [5.74, 6) is 0.753. The number of benzene rings is 3. The van der Waals surface area contributed by atoms with Gasteiger partial charge in [0.05, 0.1) is 19.7 Å². The van der Waals surface area contributed by atoms with Crippen molar-refractivity contribution in [2.24, 2.45) is 0 Å². The van der Waals surface area contributed by atoms with E-state index in [1.807, 2.05) is 42.5 Å². The smallest absolute Gasteiger partial charge is 0.258 e. The van der Waals surface area contributed by atoms with E-state index in [1.54, 1.807) is 25.3 Å². The van der Waals surface area contributed by atoms with Crippen LogP contribution in [0.1, 0.15) is 15.9 Å². The number of hydrogen-bond acceptors (Lipinski definition) is 6. The van der Waals surface area contributed by atoms with Gasteiger partial charge in [-0.05, 0) is 29.8 Å². The predicted molar refractivity (Wildman–Crippen MR) is 126 cm³/mol. The van der Waals surface area contributed by atoms with Gasteiger partial charge in [-0.3, -0.25) is 10.1 Å². The van der Waals surface area contributed by atoms with Gasteiger partial charge < -0.3 is 14.0 Å².